The van der Waals surface area contributed by atoms with Crippen molar-refractivity contribution in [1.82, 2.24) is 14.1 Å². The first kappa shape index (κ1) is 23.5. The predicted molar refractivity (Wildman–Crippen MR) is 117 cm³/mol. The number of Topliss-reactive ketones (excluding diaryl/α,β-unsaturated/α-hetero) is 1. The first-order chi connectivity index (χ1) is 15.7. The van der Waals surface area contributed by atoms with E-state index in [9.17, 15) is 19.2 Å². The number of hydrogen-bond acceptors (Lipinski definition) is 6. The lowest BCUT2D eigenvalue weighted by Gasteiger charge is -2.23. The van der Waals surface area contributed by atoms with Crippen molar-refractivity contribution in [2.75, 3.05) is 7.11 Å². The minimum absolute atomic E-state index is 0.0909. The second-order valence-corrected chi connectivity index (χ2v) is 7.38. The number of carboxylic acid groups (broad SMARTS) is 2. The number of carboxylic acids is 2. The van der Waals surface area contributed by atoms with Crippen LogP contribution in [0.2, 0.25) is 0 Å². The molecule has 2 heterocycles. The van der Waals surface area contributed by atoms with Crippen molar-refractivity contribution in [3.63, 3.8) is 0 Å². The smallest absolute Gasteiger partial charge is 0.418 e. The van der Waals surface area contributed by atoms with Crippen LogP contribution >= 0.6 is 0 Å². The van der Waals surface area contributed by atoms with Gasteiger partial charge >= 0.3 is 18.0 Å². The van der Waals surface area contributed by atoms with Crippen LogP contribution in [-0.2, 0) is 27.3 Å². The van der Waals surface area contributed by atoms with Crippen LogP contribution in [0.5, 0.6) is 0 Å². The van der Waals surface area contributed by atoms with E-state index in [1.54, 1.807) is 10.8 Å². The molecule has 1 aliphatic carbocycles. The number of methoxy groups -OCH3 is 1. The lowest BCUT2D eigenvalue weighted by Crippen LogP contribution is -2.28. The van der Waals surface area contributed by atoms with Crippen LogP contribution in [0.3, 0.4) is 0 Å². The Hall–Kier alpha value is -4.21. The Morgan fingerprint density at radius 2 is 1.85 bits per heavy atom. The monoisotopic (exact) mass is 453 g/mol. The molecule has 10 heteroatoms. The van der Waals surface area contributed by atoms with Gasteiger partial charge in [-0.3, -0.25) is 4.79 Å². The highest BCUT2D eigenvalue weighted by Gasteiger charge is 2.34. The summed E-state index contributed by atoms with van der Waals surface area (Å²) < 4.78 is 8.48. The van der Waals surface area contributed by atoms with Gasteiger partial charge in [-0.1, -0.05) is 18.2 Å². The third-order valence-electron chi connectivity index (χ3n) is 5.39. The van der Waals surface area contributed by atoms with Crippen molar-refractivity contribution in [3.05, 3.63) is 65.9 Å². The van der Waals surface area contributed by atoms with Gasteiger partial charge in [-0.2, -0.15) is 0 Å². The van der Waals surface area contributed by atoms with Gasteiger partial charge in [-0.25, -0.2) is 23.9 Å². The molecule has 0 bridgehead atoms. The second kappa shape index (κ2) is 9.94. The summed E-state index contributed by atoms with van der Waals surface area (Å²) in [5, 5.41) is 16.4. The molecular weight excluding hydrogens is 430 g/mol. The average Bonchev–Trinajstić information content (AvgIpc) is 3.35. The average molecular weight is 453 g/mol. The Morgan fingerprint density at radius 1 is 1.18 bits per heavy atom. The van der Waals surface area contributed by atoms with E-state index < -0.39 is 18.0 Å². The van der Waals surface area contributed by atoms with E-state index >= 15 is 0 Å². The first-order valence-electron chi connectivity index (χ1n) is 10.1. The van der Waals surface area contributed by atoms with Gasteiger partial charge in [0.15, 0.2) is 5.78 Å². The number of ether oxygens (including phenoxy) is 1. The standard InChI is InChI=1S/C19H19N3O3.C4H4O4/c1-12-20-9-10-21(12)11-13-7-8-16-17(18(13)23)14-5-3-4-6-15(14)22(16)19(24)25-2;5-3(6)1-2-4(7)8/h3-6,9-10,13H,7-8,11H2,1-2H3;1-2H,(H,5,6)(H,7,8). The Morgan fingerprint density at radius 3 is 2.42 bits per heavy atom. The molecule has 1 atom stereocenters. The highest BCUT2D eigenvalue weighted by molar-refractivity contribution is 6.13. The van der Waals surface area contributed by atoms with Crippen molar-refractivity contribution in [3.8, 4) is 0 Å². The highest BCUT2D eigenvalue weighted by atomic mass is 16.5. The largest absolute Gasteiger partial charge is 0.478 e. The van der Waals surface area contributed by atoms with Gasteiger partial charge < -0.3 is 19.5 Å². The van der Waals surface area contributed by atoms with Crippen molar-refractivity contribution in [2.45, 2.75) is 26.3 Å². The second-order valence-electron chi connectivity index (χ2n) is 7.38. The van der Waals surface area contributed by atoms with Crippen LogP contribution < -0.4 is 0 Å². The zero-order chi connectivity index (χ0) is 24.1. The zero-order valence-electron chi connectivity index (χ0n) is 18.1. The molecule has 4 rings (SSSR count). The molecule has 3 aromatic rings. The number of ketones is 1. The molecule has 33 heavy (non-hydrogen) atoms. The molecule has 0 saturated carbocycles. The summed E-state index contributed by atoms with van der Waals surface area (Å²) in [4.78, 5) is 48.8. The third kappa shape index (κ3) is 5.00. The summed E-state index contributed by atoms with van der Waals surface area (Å²) in [7, 11) is 1.36. The van der Waals surface area contributed by atoms with E-state index in [2.05, 4.69) is 4.98 Å². The third-order valence-corrected chi connectivity index (χ3v) is 5.39. The molecule has 0 fully saturated rings. The summed E-state index contributed by atoms with van der Waals surface area (Å²) in [5.41, 5.74) is 2.15. The first-order valence-corrected chi connectivity index (χ1v) is 10.1. The number of para-hydroxylation sites is 1. The van der Waals surface area contributed by atoms with Gasteiger partial charge in [0.25, 0.3) is 0 Å². The molecule has 0 spiro atoms. The van der Waals surface area contributed by atoms with Crippen LogP contribution in [0, 0.1) is 12.8 Å². The van der Waals surface area contributed by atoms with E-state index in [0.29, 0.717) is 37.1 Å². The number of carbonyl (C=O) groups excluding carboxylic acids is 2. The van der Waals surface area contributed by atoms with E-state index in [-0.39, 0.29) is 11.7 Å². The van der Waals surface area contributed by atoms with E-state index in [0.717, 1.165) is 22.4 Å². The minimum atomic E-state index is -1.26. The normalized spacial score (nSPS) is 15.1. The van der Waals surface area contributed by atoms with Crippen LogP contribution in [-0.4, -0.2) is 55.3 Å². The maximum Gasteiger partial charge on any atom is 0.418 e. The van der Waals surface area contributed by atoms with Crippen LogP contribution in [0.25, 0.3) is 10.9 Å². The maximum atomic E-state index is 13.2. The fourth-order valence-electron chi connectivity index (χ4n) is 3.90. The SMILES string of the molecule is COC(=O)n1c2c(c3ccccc31)C(=O)C(Cn1ccnc1C)CC2.O=C(O)C=CC(=O)O. The number of imidazole rings is 1. The zero-order valence-corrected chi connectivity index (χ0v) is 18.1. The number of fused-ring (bicyclic) bond motifs is 3. The highest BCUT2D eigenvalue weighted by Crippen LogP contribution is 2.35. The van der Waals surface area contributed by atoms with Gasteiger partial charge in [-0.05, 0) is 25.8 Å². The van der Waals surface area contributed by atoms with E-state index in [4.69, 9.17) is 14.9 Å². The lowest BCUT2D eigenvalue weighted by molar-refractivity contribution is -0.134. The van der Waals surface area contributed by atoms with Crippen molar-refractivity contribution >= 4 is 34.7 Å². The van der Waals surface area contributed by atoms with Gasteiger partial charge in [0.1, 0.15) is 5.82 Å². The molecule has 1 aliphatic rings. The number of aromatic nitrogens is 3. The van der Waals surface area contributed by atoms with Gasteiger partial charge in [0.05, 0.1) is 12.6 Å². The quantitative estimate of drug-likeness (QED) is 0.575. The number of nitrogens with zero attached hydrogens (tertiary/aromatic N) is 3. The van der Waals surface area contributed by atoms with E-state index in [1.165, 1.54) is 7.11 Å². The number of aliphatic carboxylic acids is 2. The Balaban J connectivity index is 0.000000331. The van der Waals surface area contributed by atoms with Crippen molar-refractivity contribution in [1.29, 1.82) is 0 Å². The molecule has 2 N–H and O–H groups in total. The summed E-state index contributed by atoms with van der Waals surface area (Å²) >= 11 is 0. The van der Waals surface area contributed by atoms with Gasteiger partial charge in [0.2, 0.25) is 0 Å². The summed E-state index contributed by atoms with van der Waals surface area (Å²) in [6.07, 6.45) is 5.69. The summed E-state index contributed by atoms with van der Waals surface area (Å²) in [6, 6.07) is 7.51. The fourth-order valence-corrected chi connectivity index (χ4v) is 3.90. The van der Waals surface area contributed by atoms with Gasteiger partial charge in [0, 0.05) is 53.7 Å². The molecule has 0 aliphatic heterocycles. The molecule has 172 valence electrons. The van der Waals surface area contributed by atoms with Gasteiger partial charge in [-0.15, -0.1) is 0 Å². The molecule has 0 amide bonds. The van der Waals surface area contributed by atoms with Crippen LogP contribution in [0.4, 0.5) is 4.79 Å². The molecule has 1 aromatic carbocycles. The number of benzene rings is 1. The van der Waals surface area contributed by atoms with Crippen LogP contribution in [0.15, 0.2) is 48.8 Å². The number of aryl methyl sites for hydroxylation is 1. The number of rotatable bonds is 4. The summed E-state index contributed by atoms with van der Waals surface area (Å²) in [6.45, 7) is 2.55. The Labute approximate surface area is 188 Å². The minimum Gasteiger partial charge on any atom is -0.478 e. The molecule has 0 radical (unpaired) electrons. The summed E-state index contributed by atoms with van der Waals surface area (Å²) in [5.74, 6) is -1.64. The molecular formula is C23H23N3O7. The number of hydrogen-bond donors (Lipinski definition) is 2. The predicted octanol–water partition coefficient (Wildman–Crippen LogP) is 2.92. The molecule has 2 aromatic heterocycles. The van der Waals surface area contributed by atoms with E-state index in [1.807, 2.05) is 42.0 Å². The number of carbonyl (C=O) groups is 4. The van der Waals surface area contributed by atoms with Crippen LogP contribution in [0.1, 0.15) is 28.3 Å². The Bertz CT molecular complexity index is 1240. The maximum absolute atomic E-state index is 13.2. The fraction of sp³-hybridized carbons (Fsp3) is 0.261. The molecule has 1 unspecified atom stereocenters. The molecule has 0 saturated heterocycles. The lowest BCUT2D eigenvalue weighted by atomic mass is 9.85. The van der Waals surface area contributed by atoms with Crippen molar-refractivity contribution in [2.24, 2.45) is 5.92 Å². The molecule has 10 nitrogen and oxygen atoms in total. The topological polar surface area (TPSA) is 141 Å². The van der Waals surface area contributed by atoms with Crippen molar-refractivity contribution < 1.29 is 34.1 Å². The Kier molecular flexibility index (Phi) is 7.07.